The first-order valence-electron chi connectivity index (χ1n) is 8.61. The molecular weight excluding hydrogens is 447 g/mol. The Morgan fingerprint density at radius 2 is 2.03 bits per heavy atom. The highest BCUT2D eigenvalue weighted by Gasteiger charge is 2.33. The Morgan fingerprint density at radius 3 is 2.62 bits per heavy atom. The van der Waals surface area contributed by atoms with E-state index in [9.17, 15) is 14.9 Å². The fraction of sp³-hybridized carbons (Fsp3) is 0.190. The minimum atomic E-state index is -0.429. The van der Waals surface area contributed by atoms with Crippen LogP contribution in [0.5, 0.6) is 0 Å². The molecule has 0 saturated heterocycles. The van der Waals surface area contributed by atoms with E-state index in [2.05, 4.69) is 11.4 Å². The molecule has 0 fully saturated rings. The summed E-state index contributed by atoms with van der Waals surface area (Å²) in [6.45, 7) is 3.31. The fourth-order valence-electron chi connectivity index (χ4n) is 3.12. The van der Waals surface area contributed by atoms with Gasteiger partial charge < -0.3 is 5.32 Å². The Morgan fingerprint density at radius 1 is 1.28 bits per heavy atom. The highest BCUT2D eigenvalue weighted by molar-refractivity contribution is 8.03. The number of ketones is 2. The summed E-state index contributed by atoms with van der Waals surface area (Å²) in [6.07, 6.45) is 0. The third-order valence-corrected chi connectivity index (χ3v) is 7.14. The number of carbonyl (C=O) groups excluding carboxylic acids is 2. The molecule has 8 heteroatoms. The molecule has 3 rings (SSSR count). The molecule has 1 aromatic carbocycles. The van der Waals surface area contributed by atoms with Gasteiger partial charge in [-0.3, -0.25) is 9.59 Å². The molecule has 0 spiro atoms. The Bertz CT molecular complexity index is 1080. The van der Waals surface area contributed by atoms with Crippen molar-refractivity contribution < 1.29 is 9.59 Å². The quantitative estimate of drug-likeness (QED) is 0.536. The van der Waals surface area contributed by atoms with Crippen LogP contribution in [-0.2, 0) is 4.79 Å². The van der Waals surface area contributed by atoms with Crippen molar-refractivity contribution >= 4 is 57.9 Å². The van der Waals surface area contributed by atoms with Crippen molar-refractivity contribution in [2.45, 2.75) is 19.8 Å². The Balaban J connectivity index is 1.90. The number of hydrogen-bond acceptors (Lipinski definition) is 6. The van der Waals surface area contributed by atoms with Gasteiger partial charge in [-0.15, -0.1) is 11.3 Å². The van der Waals surface area contributed by atoms with Gasteiger partial charge in [-0.2, -0.15) is 5.26 Å². The number of rotatable bonds is 6. The number of dihydropyridines is 1. The molecule has 1 N–H and O–H groups in total. The first kappa shape index (κ1) is 21.7. The topological polar surface area (TPSA) is 70.0 Å². The molecule has 1 aliphatic heterocycles. The minimum absolute atomic E-state index is 0.0860. The second-order valence-electron chi connectivity index (χ2n) is 6.36. The number of nitrogens with zero attached hydrogens (tertiary/aromatic N) is 1. The third kappa shape index (κ3) is 4.59. The maximum absolute atomic E-state index is 12.6. The number of thioether (sulfide) groups is 1. The molecule has 29 heavy (non-hydrogen) atoms. The summed E-state index contributed by atoms with van der Waals surface area (Å²) in [5.41, 5.74) is 2.16. The van der Waals surface area contributed by atoms with Crippen molar-refractivity contribution in [3.05, 3.63) is 78.1 Å². The first-order chi connectivity index (χ1) is 13.8. The predicted octanol–water partition coefficient (Wildman–Crippen LogP) is 5.96. The number of halogens is 2. The van der Waals surface area contributed by atoms with Crippen molar-refractivity contribution in [2.24, 2.45) is 0 Å². The lowest BCUT2D eigenvalue weighted by molar-refractivity contribution is -0.113. The molecule has 1 atom stereocenters. The molecule has 1 aliphatic rings. The van der Waals surface area contributed by atoms with Crippen LogP contribution < -0.4 is 5.32 Å². The summed E-state index contributed by atoms with van der Waals surface area (Å²) in [5, 5.41) is 16.2. The van der Waals surface area contributed by atoms with Gasteiger partial charge in [-0.1, -0.05) is 41.0 Å². The Kier molecular flexibility index (Phi) is 6.86. The van der Waals surface area contributed by atoms with Crippen molar-refractivity contribution in [1.82, 2.24) is 5.32 Å². The van der Waals surface area contributed by atoms with Crippen LogP contribution in [-0.4, -0.2) is 17.3 Å². The molecular formula is C21H16Cl2N2O2S2. The average Bonchev–Trinajstić information content (AvgIpc) is 3.21. The first-order valence-corrected chi connectivity index (χ1v) is 11.2. The molecule has 2 aromatic rings. The maximum atomic E-state index is 12.6. The monoisotopic (exact) mass is 462 g/mol. The summed E-state index contributed by atoms with van der Waals surface area (Å²) in [4.78, 5) is 25.8. The predicted molar refractivity (Wildman–Crippen MR) is 119 cm³/mol. The van der Waals surface area contributed by atoms with Gasteiger partial charge in [0.25, 0.3) is 0 Å². The van der Waals surface area contributed by atoms with Crippen LogP contribution >= 0.6 is 46.3 Å². The number of allylic oxidation sites excluding steroid dienone is 3. The number of benzene rings is 1. The number of nitriles is 1. The minimum Gasteiger partial charge on any atom is -0.353 e. The highest BCUT2D eigenvalue weighted by atomic mass is 35.5. The van der Waals surface area contributed by atoms with E-state index in [4.69, 9.17) is 23.2 Å². The van der Waals surface area contributed by atoms with Crippen LogP contribution in [0.2, 0.25) is 10.0 Å². The van der Waals surface area contributed by atoms with E-state index < -0.39 is 5.92 Å². The summed E-state index contributed by atoms with van der Waals surface area (Å²) >= 11 is 14.6. The van der Waals surface area contributed by atoms with E-state index in [1.54, 1.807) is 12.1 Å². The molecule has 148 valence electrons. The zero-order valence-corrected chi connectivity index (χ0v) is 18.7. The van der Waals surface area contributed by atoms with E-state index in [1.807, 2.05) is 24.4 Å². The van der Waals surface area contributed by atoms with Gasteiger partial charge in [-0.05, 0) is 43.5 Å². The Hall–Kier alpha value is -2.04. The second kappa shape index (κ2) is 9.19. The normalized spacial score (nSPS) is 16.4. The molecule has 0 aliphatic carbocycles. The number of Topliss-reactive ketones (excluding diaryl/α,β-unsaturated/α-hetero) is 2. The fourth-order valence-corrected chi connectivity index (χ4v) is 5.25. The molecule has 4 nitrogen and oxygen atoms in total. The van der Waals surface area contributed by atoms with E-state index in [0.717, 1.165) is 4.88 Å². The van der Waals surface area contributed by atoms with Crippen LogP contribution in [0.3, 0.4) is 0 Å². The van der Waals surface area contributed by atoms with Crippen molar-refractivity contribution in [1.29, 1.82) is 5.26 Å². The van der Waals surface area contributed by atoms with Crippen LogP contribution in [0.1, 0.15) is 35.0 Å². The van der Waals surface area contributed by atoms with Crippen molar-refractivity contribution in [3.8, 4) is 6.07 Å². The zero-order valence-electron chi connectivity index (χ0n) is 15.6. The molecule has 0 unspecified atom stereocenters. The largest absolute Gasteiger partial charge is 0.353 e. The number of thiophene rings is 1. The lowest BCUT2D eigenvalue weighted by atomic mass is 9.85. The van der Waals surface area contributed by atoms with Gasteiger partial charge in [0.1, 0.15) is 0 Å². The molecule has 0 saturated carbocycles. The average molecular weight is 463 g/mol. The highest BCUT2D eigenvalue weighted by Crippen LogP contribution is 2.42. The van der Waals surface area contributed by atoms with Crippen molar-refractivity contribution in [2.75, 3.05) is 5.75 Å². The van der Waals surface area contributed by atoms with Crippen LogP contribution in [0.25, 0.3) is 0 Å². The smallest absolute Gasteiger partial charge is 0.173 e. The lowest BCUT2D eigenvalue weighted by Gasteiger charge is -2.28. The van der Waals surface area contributed by atoms with Gasteiger partial charge in [0.2, 0.25) is 0 Å². The van der Waals surface area contributed by atoms with Gasteiger partial charge in [0.05, 0.1) is 38.4 Å². The molecule has 1 aromatic heterocycles. The van der Waals surface area contributed by atoms with Gasteiger partial charge in [0, 0.05) is 21.7 Å². The summed E-state index contributed by atoms with van der Waals surface area (Å²) in [5.74, 6) is -0.532. The van der Waals surface area contributed by atoms with Crippen LogP contribution in [0, 0.1) is 11.3 Å². The third-order valence-electron chi connectivity index (χ3n) is 4.44. The summed E-state index contributed by atoms with van der Waals surface area (Å²) < 4.78 is 0. The molecule has 0 amide bonds. The lowest BCUT2D eigenvalue weighted by Crippen LogP contribution is -2.27. The standard InChI is InChI=1S/C21H16Cl2N2O2S2/c1-11-19(12(2)26)20(18-4-3-7-28-18)14(9-24)21(25-11)29-10-17(27)13-5-6-15(22)16(23)8-13/h3-8,20,25H,10H2,1-2H3/t20-/m1/s1. The summed E-state index contributed by atoms with van der Waals surface area (Å²) in [6, 6.07) is 10.8. The SMILES string of the molecule is CC(=O)C1=C(C)NC(SCC(=O)c2ccc(Cl)c(Cl)c2)=C(C#N)[C@@H]1c1cccs1. The second-order valence-corrected chi connectivity index (χ2v) is 9.14. The maximum Gasteiger partial charge on any atom is 0.173 e. The number of carbonyl (C=O) groups is 2. The van der Waals surface area contributed by atoms with E-state index in [0.29, 0.717) is 37.5 Å². The van der Waals surface area contributed by atoms with Gasteiger partial charge in [-0.25, -0.2) is 0 Å². The molecule has 0 radical (unpaired) electrons. The van der Waals surface area contributed by atoms with E-state index in [-0.39, 0.29) is 17.3 Å². The number of nitrogens with one attached hydrogen (secondary N) is 1. The number of hydrogen-bond donors (Lipinski definition) is 1. The van der Waals surface area contributed by atoms with Gasteiger partial charge >= 0.3 is 0 Å². The molecule has 0 bridgehead atoms. The molecule has 2 heterocycles. The van der Waals surface area contributed by atoms with Crippen molar-refractivity contribution in [3.63, 3.8) is 0 Å². The van der Waals surface area contributed by atoms with Crippen LogP contribution in [0.4, 0.5) is 0 Å². The zero-order chi connectivity index (χ0) is 21.1. The summed E-state index contributed by atoms with van der Waals surface area (Å²) in [7, 11) is 0. The van der Waals surface area contributed by atoms with E-state index in [1.165, 1.54) is 36.1 Å². The van der Waals surface area contributed by atoms with Crippen LogP contribution in [0.15, 0.2) is 57.6 Å². The van der Waals surface area contributed by atoms with Gasteiger partial charge in [0.15, 0.2) is 11.6 Å². The van der Waals surface area contributed by atoms with E-state index >= 15 is 0 Å². The Labute approximate surface area is 187 Å².